The molecule has 1 aliphatic heterocycles. The van der Waals surface area contributed by atoms with Crippen LogP contribution in [0.4, 0.5) is 9.59 Å². The quantitative estimate of drug-likeness (QED) is 0.693. The van der Waals surface area contributed by atoms with E-state index in [0.717, 1.165) is 5.56 Å². The molecule has 10 heteroatoms. The first-order valence-electron chi connectivity index (χ1n) is 10.0. The maximum absolute atomic E-state index is 12.4. The molecular weight excluding hydrogens is 406 g/mol. The van der Waals surface area contributed by atoms with Crippen LogP contribution < -0.4 is 5.32 Å². The first-order valence-corrected chi connectivity index (χ1v) is 10.0. The van der Waals surface area contributed by atoms with Crippen molar-refractivity contribution in [2.24, 2.45) is 0 Å². The van der Waals surface area contributed by atoms with Gasteiger partial charge in [0.1, 0.15) is 12.1 Å². The van der Waals surface area contributed by atoms with Gasteiger partial charge in [0, 0.05) is 32.6 Å². The van der Waals surface area contributed by atoms with Gasteiger partial charge in [-0.2, -0.15) is 0 Å². The lowest BCUT2D eigenvalue weighted by molar-refractivity contribution is -0.147. The first kappa shape index (κ1) is 24.0. The van der Waals surface area contributed by atoms with Crippen LogP contribution in [0.2, 0.25) is 0 Å². The second-order valence-corrected chi connectivity index (χ2v) is 8.12. The van der Waals surface area contributed by atoms with E-state index in [4.69, 9.17) is 9.47 Å². The Bertz CT molecular complexity index is 784. The zero-order chi connectivity index (χ0) is 23.0. The summed E-state index contributed by atoms with van der Waals surface area (Å²) in [7, 11) is 0. The van der Waals surface area contributed by atoms with Crippen LogP contribution >= 0.6 is 0 Å². The lowest BCUT2D eigenvalue weighted by Gasteiger charge is -2.34. The number of alkyl carbamates (subject to hydrolysis) is 1. The molecule has 170 valence electrons. The van der Waals surface area contributed by atoms with Gasteiger partial charge in [-0.3, -0.25) is 4.79 Å². The van der Waals surface area contributed by atoms with E-state index in [2.05, 4.69) is 5.32 Å². The minimum atomic E-state index is -1.30. The highest BCUT2D eigenvalue weighted by molar-refractivity contribution is 5.82. The van der Waals surface area contributed by atoms with Crippen LogP contribution in [0, 0.1) is 0 Å². The van der Waals surface area contributed by atoms with Gasteiger partial charge < -0.3 is 29.7 Å². The van der Waals surface area contributed by atoms with Gasteiger partial charge in [0.05, 0.1) is 0 Å². The maximum atomic E-state index is 12.4. The van der Waals surface area contributed by atoms with Crippen molar-refractivity contribution in [1.82, 2.24) is 15.1 Å². The number of hydrogen-bond acceptors (Lipinski definition) is 6. The third-order valence-corrected chi connectivity index (χ3v) is 4.46. The molecule has 1 saturated heterocycles. The van der Waals surface area contributed by atoms with E-state index in [1.165, 1.54) is 9.80 Å². The van der Waals surface area contributed by atoms with Gasteiger partial charge in [0.25, 0.3) is 0 Å². The largest absolute Gasteiger partial charge is 0.478 e. The normalized spacial score (nSPS) is 15.1. The van der Waals surface area contributed by atoms with Crippen LogP contribution in [-0.2, 0) is 25.5 Å². The van der Waals surface area contributed by atoms with Crippen molar-refractivity contribution in [2.45, 2.75) is 38.9 Å². The summed E-state index contributed by atoms with van der Waals surface area (Å²) in [6.45, 7) is 5.87. The number of nitrogens with zero attached hydrogens (tertiary/aromatic N) is 2. The molecule has 3 amide bonds. The fourth-order valence-corrected chi connectivity index (χ4v) is 2.92. The van der Waals surface area contributed by atoms with Crippen molar-refractivity contribution < 1.29 is 33.8 Å². The summed E-state index contributed by atoms with van der Waals surface area (Å²) in [5.41, 5.74) is 0.0866. The third-order valence-electron chi connectivity index (χ3n) is 4.46. The number of ether oxygens (including phenoxy) is 2. The van der Waals surface area contributed by atoms with Crippen LogP contribution in [0.5, 0.6) is 0 Å². The summed E-state index contributed by atoms with van der Waals surface area (Å²) in [5.74, 6) is -1.52. The Morgan fingerprint density at radius 2 is 1.61 bits per heavy atom. The number of aliphatic carboxylic acids is 1. The molecule has 0 radical (unpaired) electrons. The van der Waals surface area contributed by atoms with E-state index in [0.29, 0.717) is 0 Å². The van der Waals surface area contributed by atoms with E-state index in [1.807, 2.05) is 6.07 Å². The number of rotatable bonds is 6. The van der Waals surface area contributed by atoms with Gasteiger partial charge >= 0.3 is 18.2 Å². The van der Waals surface area contributed by atoms with E-state index in [1.54, 1.807) is 45.0 Å². The van der Waals surface area contributed by atoms with Gasteiger partial charge in [-0.25, -0.2) is 14.4 Å². The van der Waals surface area contributed by atoms with Gasteiger partial charge in [0.2, 0.25) is 12.0 Å². The van der Waals surface area contributed by atoms with Gasteiger partial charge in [-0.15, -0.1) is 0 Å². The molecule has 0 spiro atoms. The van der Waals surface area contributed by atoms with E-state index in [-0.39, 0.29) is 45.1 Å². The Morgan fingerprint density at radius 1 is 1.03 bits per heavy atom. The van der Waals surface area contributed by atoms with Crippen molar-refractivity contribution in [3.05, 3.63) is 35.9 Å². The fraction of sp³-hybridized carbons (Fsp3) is 0.524. The Kier molecular flexibility index (Phi) is 8.23. The fourth-order valence-electron chi connectivity index (χ4n) is 2.92. The lowest BCUT2D eigenvalue weighted by atomic mass is 10.1. The predicted molar refractivity (Wildman–Crippen MR) is 110 cm³/mol. The zero-order valence-electron chi connectivity index (χ0n) is 18.0. The average molecular weight is 435 g/mol. The van der Waals surface area contributed by atoms with Gasteiger partial charge in [-0.1, -0.05) is 30.3 Å². The Balaban J connectivity index is 1.79. The Morgan fingerprint density at radius 3 is 2.16 bits per heavy atom. The van der Waals surface area contributed by atoms with Crippen molar-refractivity contribution in [1.29, 1.82) is 0 Å². The molecule has 1 heterocycles. The van der Waals surface area contributed by atoms with Crippen LogP contribution in [-0.4, -0.2) is 83.4 Å². The number of carboxylic acid groups (broad SMARTS) is 1. The van der Waals surface area contributed by atoms with E-state index in [9.17, 15) is 24.3 Å². The summed E-state index contributed by atoms with van der Waals surface area (Å²) < 4.78 is 10.3. The molecular formula is C21H29N3O7. The number of piperazine rings is 1. The van der Waals surface area contributed by atoms with Crippen LogP contribution in [0.25, 0.3) is 0 Å². The molecule has 1 aromatic rings. The Labute approximate surface area is 181 Å². The van der Waals surface area contributed by atoms with E-state index >= 15 is 0 Å². The smallest absolute Gasteiger partial charge is 0.410 e. The minimum absolute atomic E-state index is 0.0662. The summed E-state index contributed by atoms with van der Waals surface area (Å²) in [6, 6.07) is 8.90. The standard InChI is InChI=1S/C21H29N3O7/c1-21(2,3)31-19(28)22-14-17(25)23-9-11-24(12-10-23)20(29)30-16(18(26)27)13-15-7-5-4-6-8-15/h4-8,16H,9-14H2,1-3H3,(H,22,28)(H,26,27)/t16-/m0/s1. The highest BCUT2D eigenvalue weighted by Crippen LogP contribution is 2.11. The minimum Gasteiger partial charge on any atom is -0.478 e. The summed E-state index contributed by atoms with van der Waals surface area (Å²) in [4.78, 5) is 50.7. The SMILES string of the molecule is CC(C)(C)OC(=O)NCC(=O)N1CCN(C(=O)O[C@@H](Cc2ccccc2)C(=O)O)CC1. The van der Waals surface area contributed by atoms with E-state index < -0.39 is 29.9 Å². The molecule has 0 aromatic heterocycles. The summed E-state index contributed by atoms with van der Waals surface area (Å²) in [5, 5.41) is 11.8. The average Bonchev–Trinajstić information content (AvgIpc) is 2.71. The molecule has 1 atom stereocenters. The topological polar surface area (TPSA) is 125 Å². The molecule has 0 bridgehead atoms. The number of benzene rings is 1. The molecule has 1 fully saturated rings. The molecule has 0 saturated carbocycles. The van der Waals surface area contributed by atoms with Gasteiger partial charge in [-0.05, 0) is 26.3 Å². The molecule has 0 unspecified atom stereocenters. The number of carbonyl (C=O) groups is 4. The second kappa shape index (κ2) is 10.6. The number of hydrogen-bond donors (Lipinski definition) is 2. The van der Waals surface area contributed by atoms with Gasteiger partial charge in [0.15, 0.2) is 0 Å². The maximum Gasteiger partial charge on any atom is 0.410 e. The lowest BCUT2D eigenvalue weighted by Crippen LogP contribution is -2.53. The summed E-state index contributed by atoms with van der Waals surface area (Å²) in [6.07, 6.45) is -2.65. The van der Waals surface area contributed by atoms with Crippen molar-refractivity contribution in [2.75, 3.05) is 32.7 Å². The van der Waals surface area contributed by atoms with Crippen molar-refractivity contribution >= 4 is 24.1 Å². The molecule has 1 aliphatic rings. The second-order valence-electron chi connectivity index (χ2n) is 8.12. The number of nitrogens with one attached hydrogen (secondary N) is 1. The first-order chi connectivity index (χ1) is 14.5. The molecule has 0 aliphatic carbocycles. The molecule has 1 aromatic carbocycles. The third kappa shape index (κ3) is 8.15. The van der Waals surface area contributed by atoms with Crippen LogP contribution in [0.15, 0.2) is 30.3 Å². The summed E-state index contributed by atoms with van der Waals surface area (Å²) >= 11 is 0. The van der Waals surface area contributed by atoms with Crippen molar-refractivity contribution in [3.8, 4) is 0 Å². The highest BCUT2D eigenvalue weighted by Gasteiger charge is 2.29. The number of carbonyl (C=O) groups excluding carboxylic acids is 3. The molecule has 2 N–H and O–H groups in total. The zero-order valence-corrected chi connectivity index (χ0v) is 18.0. The molecule has 10 nitrogen and oxygen atoms in total. The predicted octanol–water partition coefficient (Wildman–Crippen LogP) is 1.49. The number of amides is 3. The van der Waals surface area contributed by atoms with Crippen LogP contribution in [0.1, 0.15) is 26.3 Å². The van der Waals surface area contributed by atoms with Crippen LogP contribution in [0.3, 0.4) is 0 Å². The molecule has 31 heavy (non-hydrogen) atoms. The Hall–Kier alpha value is -3.30. The number of carboxylic acids is 1. The highest BCUT2D eigenvalue weighted by atomic mass is 16.6. The van der Waals surface area contributed by atoms with Crippen molar-refractivity contribution in [3.63, 3.8) is 0 Å². The monoisotopic (exact) mass is 435 g/mol. The molecule has 2 rings (SSSR count).